The molecule has 0 heterocycles. The summed E-state index contributed by atoms with van der Waals surface area (Å²) in [6, 6.07) is 0. The standard InChI is InChI=1S/C16H35N3O2S.HI/c1-5-17-16(19-13-14-22(20,21)6-2)18-12-10-8-7-9-11-15(3)4;/h15H,5-14H2,1-4H3,(H2,17,18,19);1H. The SMILES string of the molecule is CCNC(=NCCCCCCC(C)C)NCCS(=O)(=O)CC.I. The van der Waals surface area contributed by atoms with Crippen molar-refractivity contribution in [2.45, 2.75) is 59.8 Å². The number of halogens is 1. The normalized spacial score (nSPS) is 12.1. The Balaban J connectivity index is 0. The maximum Gasteiger partial charge on any atom is 0.191 e. The fourth-order valence-corrected chi connectivity index (χ4v) is 2.72. The molecule has 0 rings (SSSR count). The van der Waals surface area contributed by atoms with Gasteiger partial charge in [0.25, 0.3) is 0 Å². The van der Waals surface area contributed by atoms with Crippen LogP contribution < -0.4 is 10.6 Å². The second-order valence-electron chi connectivity index (χ2n) is 6.02. The lowest BCUT2D eigenvalue weighted by atomic mass is 10.0. The second-order valence-corrected chi connectivity index (χ2v) is 8.49. The van der Waals surface area contributed by atoms with Crippen LogP contribution in [0.5, 0.6) is 0 Å². The molecular weight excluding hydrogens is 425 g/mol. The zero-order chi connectivity index (χ0) is 16.8. The van der Waals surface area contributed by atoms with Gasteiger partial charge in [0.1, 0.15) is 0 Å². The Morgan fingerprint density at radius 1 is 1.04 bits per heavy atom. The largest absolute Gasteiger partial charge is 0.357 e. The highest BCUT2D eigenvalue weighted by Crippen LogP contribution is 2.09. The fraction of sp³-hybridized carbons (Fsp3) is 0.938. The van der Waals surface area contributed by atoms with Gasteiger partial charge in [-0.05, 0) is 19.3 Å². The lowest BCUT2D eigenvalue weighted by Gasteiger charge is -2.11. The third kappa shape index (κ3) is 16.6. The molecular formula is C16H36IN3O2S. The van der Waals surface area contributed by atoms with E-state index in [9.17, 15) is 8.42 Å². The highest BCUT2D eigenvalue weighted by Gasteiger charge is 2.07. The van der Waals surface area contributed by atoms with E-state index in [2.05, 4.69) is 29.5 Å². The lowest BCUT2D eigenvalue weighted by Crippen LogP contribution is -2.39. The Kier molecular flexibility index (Phi) is 17.0. The number of hydrogen-bond acceptors (Lipinski definition) is 3. The van der Waals surface area contributed by atoms with Crippen LogP contribution in [0, 0.1) is 5.92 Å². The number of hydrogen-bond donors (Lipinski definition) is 2. The van der Waals surface area contributed by atoms with Crippen molar-refractivity contribution in [2.24, 2.45) is 10.9 Å². The minimum Gasteiger partial charge on any atom is -0.357 e. The Morgan fingerprint density at radius 2 is 1.70 bits per heavy atom. The summed E-state index contributed by atoms with van der Waals surface area (Å²) in [5.74, 6) is 1.86. The molecule has 0 aliphatic rings. The highest BCUT2D eigenvalue weighted by atomic mass is 127. The van der Waals surface area contributed by atoms with Crippen molar-refractivity contribution in [2.75, 3.05) is 31.1 Å². The molecule has 0 radical (unpaired) electrons. The average molecular weight is 461 g/mol. The van der Waals surface area contributed by atoms with Crippen molar-refractivity contribution in [1.29, 1.82) is 0 Å². The van der Waals surface area contributed by atoms with Crippen molar-refractivity contribution < 1.29 is 8.42 Å². The summed E-state index contributed by atoms with van der Waals surface area (Å²) in [6.45, 7) is 10.2. The molecule has 0 spiro atoms. The summed E-state index contributed by atoms with van der Waals surface area (Å²) in [7, 11) is -2.92. The first-order chi connectivity index (χ1) is 10.4. The Hall–Kier alpha value is -0.0500. The van der Waals surface area contributed by atoms with E-state index in [-0.39, 0.29) is 35.5 Å². The Morgan fingerprint density at radius 3 is 2.26 bits per heavy atom. The molecule has 0 saturated heterocycles. The van der Waals surface area contributed by atoms with Crippen molar-refractivity contribution in [3.8, 4) is 0 Å². The van der Waals surface area contributed by atoms with Gasteiger partial charge in [0.15, 0.2) is 15.8 Å². The van der Waals surface area contributed by atoms with Crippen LogP contribution in [0.2, 0.25) is 0 Å². The summed E-state index contributed by atoms with van der Waals surface area (Å²) in [5, 5.41) is 6.24. The second kappa shape index (κ2) is 15.5. The minimum atomic E-state index is -2.92. The smallest absolute Gasteiger partial charge is 0.191 e. The van der Waals surface area contributed by atoms with E-state index in [1.165, 1.54) is 25.7 Å². The molecule has 7 heteroatoms. The lowest BCUT2D eigenvalue weighted by molar-refractivity contribution is 0.521. The van der Waals surface area contributed by atoms with Crippen LogP contribution in [0.25, 0.3) is 0 Å². The molecule has 0 aromatic carbocycles. The predicted molar refractivity (Wildman–Crippen MR) is 112 cm³/mol. The molecule has 140 valence electrons. The first-order valence-electron chi connectivity index (χ1n) is 8.63. The van der Waals surface area contributed by atoms with Gasteiger partial charge in [-0.25, -0.2) is 8.42 Å². The van der Waals surface area contributed by atoms with Crippen LogP contribution in [-0.2, 0) is 9.84 Å². The minimum absolute atomic E-state index is 0. The third-order valence-corrected chi connectivity index (χ3v) is 5.15. The van der Waals surface area contributed by atoms with Crippen LogP contribution in [0.3, 0.4) is 0 Å². The van der Waals surface area contributed by atoms with Crippen molar-refractivity contribution >= 4 is 39.8 Å². The van der Waals surface area contributed by atoms with Crippen LogP contribution in [0.1, 0.15) is 59.8 Å². The van der Waals surface area contributed by atoms with E-state index >= 15 is 0 Å². The number of guanidine groups is 1. The zero-order valence-electron chi connectivity index (χ0n) is 15.2. The van der Waals surface area contributed by atoms with Gasteiger partial charge in [-0.2, -0.15) is 0 Å². The van der Waals surface area contributed by atoms with E-state index < -0.39 is 9.84 Å². The number of sulfone groups is 1. The molecule has 0 saturated carbocycles. The van der Waals surface area contributed by atoms with Gasteiger partial charge in [0, 0.05) is 25.4 Å². The van der Waals surface area contributed by atoms with E-state index in [0.29, 0.717) is 6.54 Å². The van der Waals surface area contributed by atoms with Gasteiger partial charge in [0.05, 0.1) is 5.75 Å². The van der Waals surface area contributed by atoms with E-state index in [1.807, 2.05) is 6.92 Å². The molecule has 0 fully saturated rings. The molecule has 0 bridgehead atoms. The average Bonchev–Trinajstić information content (AvgIpc) is 2.45. The molecule has 23 heavy (non-hydrogen) atoms. The number of nitrogens with zero attached hydrogens (tertiary/aromatic N) is 1. The fourth-order valence-electron chi connectivity index (χ4n) is 2.02. The van der Waals surface area contributed by atoms with Crippen molar-refractivity contribution in [1.82, 2.24) is 10.6 Å². The molecule has 0 amide bonds. The number of nitrogens with one attached hydrogen (secondary N) is 2. The molecule has 2 N–H and O–H groups in total. The van der Waals surface area contributed by atoms with E-state index in [1.54, 1.807) is 6.92 Å². The van der Waals surface area contributed by atoms with Gasteiger partial charge >= 0.3 is 0 Å². The number of aliphatic imine (C=N–C) groups is 1. The summed E-state index contributed by atoms with van der Waals surface area (Å²) < 4.78 is 22.9. The maximum atomic E-state index is 11.4. The summed E-state index contributed by atoms with van der Waals surface area (Å²) in [5.41, 5.74) is 0. The maximum absolute atomic E-state index is 11.4. The first kappa shape index (κ1) is 25.2. The molecule has 0 unspecified atom stereocenters. The summed E-state index contributed by atoms with van der Waals surface area (Å²) >= 11 is 0. The summed E-state index contributed by atoms with van der Waals surface area (Å²) in [6.07, 6.45) is 6.17. The molecule has 0 aromatic heterocycles. The summed E-state index contributed by atoms with van der Waals surface area (Å²) in [4.78, 5) is 4.49. The van der Waals surface area contributed by atoms with Gasteiger partial charge in [0.2, 0.25) is 0 Å². The van der Waals surface area contributed by atoms with Crippen LogP contribution >= 0.6 is 24.0 Å². The third-order valence-electron chi connectivity index (χ3n) is 3.45. The predicted octanol–water partition coefficient (Wildman–Crippen LogP) is 3.20. The Bertz CT molecular complexity index is 398. The van der Waals surface area contributed by atoms with Crippen LogP contribution in [0.4, 0.5) is 0 Å². The van der Waals surface area contributed by atoms with Crippen molar-refractivity contribution in [3.05, 3.63) is 0 Å². The van der Waals surface area contributed by atoms with Gasteiger partial charge < -0.3 is 10.6 Å². The molecule has 0 aliphatic heterocycles. The Labute approximate surface area is 160 Å². The number of rotatable bonds is 12. The zero-order valence-corrected chi connectivity index (χ0v) is 18.4. The van der Waals surface area contributed by atoms with Gasteiger partial charge in [-0.15, -0.1) is 24.0 Å². The van der Waals surface area contributed by atoms with Gasteiger partial charge in [-0.3, -0.25) is 4.99 Å². The van der Waals surface area contributed by atoms with Gasteiger partial charge in [-0.1, -0.05) is 46.5 Å². The molecule has 0 aliphatic carbocycles. The molecule has 0 aromatic rings. The highest BCUT2D eigenvalue weighted by molar-refractivity contribution is 14.0. The monoisotopic (exact) mass is 461 g/mol. The van der Waals surface area contributed by atoms with Crippen LogP contribution in [0.15, 0.2) is 4.99 Å². The van der Waals surface area contributed by atoms with E-state index in [0.717, 1.165) is 31.4 Å². The van der Waals surface area contributed by atoms with E-state index in [4.69, 9.17) is 0 Å². The molecule has 5 nitrogen and oxygen atoms in total. The first-order valence-corrected chi connectivity index (χ1v) is 10.5. The molecule has 0 atom stereocenters. The topological polar surface area (TPSA) is 70.6 Å². The quantitative estimate of drug-likeness (QED) is 0.203. The van der Waals surface area contributed by atoms with Crippen molar-refractivity contribution in [3.63, 3.8) is 0 Å². The number of unbranched alkanes of at least 4 members (excludes halogenated alkanes) is 3. The van der Waals surface area contributed by atoms with Crippen LogP contribution in [-0.4, -0.2) is 45.5 Å².